The largest absolute Gasteiger partial charge is 0.381 e. The number of nitrogens with zero attached hydrogens (tertiary/aromatic N) is 1. The fraction of sp³-hybridized carbons (Fsp3) is 0.316. The summed E-state index contributed by atoms with van der Waals surface area (Å²) in [4.78, 5) is 28.6. The fourth-order valence-electron chi connectivity index (χ4n) is 2.78. The molecule has 1 aromatic heterocycles. The highest BCUT2D eigenvalue weighted by molar-refractivity contribution is 6.04. The van der Waals surface area contributed by atoms with Gasteiger partial charge in [-0.15, -0.1) is 0 Å². The number of pyridine rings is 1. The Morgan fingerprint density at radius 3 is 2.62 bits per heavy atom. The van der Waals surface area contributed by atoms with Crippen LogP contribution in [0.4, 0.5) is 5.69 Å². The maximum absolute atomic E-state index is 12.4. The average Bonchev–Trinajstić information content (AvgIpc) is 2.67. The highest BCUT2D eigenvalue weighted by Crippen LogP contribution is 2.18. The Kier molecular flexibility index (Phi) is 5.60. The van der Waals surface area contributed by atoms with Crippen molar-refractivity contribution in [3.8, 4) is 0 Å². The molecule has 4 N–H and O–H groups in total. The van der Waals surface area contributed by atoms with E-state index in [9.17, 15) is 9.59 Å². The maximum atomic E-state index is 12.4. The molecule has 0 unspecified atom stereocenters. The van der Waals surface area contributed by atoms with Crippen molar-refractivity contribution in [3.05, 3.63) is 59.9 Å². The number of nitrogens with one attached hydrogen (secondary N) is 2. The van der Waals surface area contributed by atoms with Gasteiger partial charge in [-0.05, 0) is 42.7 Å². The Bertz CT molecular complexity index is 773. The first-order valence-electron chi connectivity index (χ1n) is 8.52. The number of hydrogen-bond acceptors (Lipinski definition) is 5. The summed E-state index contributed by atoms with van der Waals surface area (Å²) in [7, 11) is 0. The molecule has 0 spiro atoms. The van der Waals surface area contributed by atoms with Crippen LogP contribution in [-0.4, -0.2) is 35.6 Å². The maximum Gasteiger partial charge on any atom is 0.255 e. The molecular formula is C19H22N4O3. The van der Waals surface area contributed by atoms with E-state index in [1.54, 1.807) is 42.7 Å². The summed E-state index contributed by atoms with van der Waals surface area (Å²) in [5, 5.41) is 5.67. The zero-order valence-electron chi connectivity index (χ0n) is 14.4. The summed E-state index contributed by atoms with van der Waals surface area (Å²) in [5.41, 5.74) is 7.31. The van der Waals surface area contributed by atoms with Gasteiger partial charge in [0.1, 0.15) is 0 Å². The third-order valence-electron chi connectivity index (χ3n) is 4.42. The molecule has 0 atom stereocenters. The highest BCUT2D eigenvalue weighted by atomic mass is 16.5. The van der Waals surface area contributed by atoms with Crippen molar-refractivity contribution in [1.82, 2.24) is 10.3 Å². The Hall–Kier alpha value is -2.77. The number of rotatable bonds is 5. The Labute approximate surface area is 151 Å². The molecule has 0 aliphatic carbocycles. The normalized spacial score (nSPS) is 15.9. The van der Waals surface area contributed by atoms with Crippen LogP contribution in [-0.2, 0) is 16.1 Å². The summed E-state index contributed by atoms with van der Waals surface area (Å²) >= 11 is 0. The molecular weight excluding hydrogens is 332 g/mol. The van der Waals surface area contributed by atoms with Gasteiger partial charge in [0.2, 0.25) is 5.91 Å². The van der Waals surface area contributed by atoms with Crippen LogP contribution in [0.15, 0.2) is 48.8 Å². The summed E-state index contributed by atoms with van der Waals surface area (Å²) in [5.74, 6) is -0.406. The van der Waals surface area contributed by atoms with E-state index in [-0.39, 0.29) is 11.8 Å². The molecule has 1 saturated heterocycles. The van der Waals surface area contributed by atoms with Gasteiger partial charge in [0.25, 0.3) is 5.91 Å². The molecule has 7 heteroatoms. The minimum absolute atomic E-state index is 0.188. The van der Waals surface area contributed by atoms with Gasteiger partial charge in [0, 0.05) is 43.4 Å². The van der Waals surface area contributed by atoms with Gasteiger partial charge in [0.15, 0.2) is 0 Å². The molecule has 136 valence electrons. The SMILES string of the molecule is NC1(C(=O)NCc2cccc(C(=O)Nc3ccncc3)c2)CCOCC1. The Morgan fingerprint density at radius 1 is 1.15 bits per heavy atom. The van der Waals surface area contributed by atoms with Crippen LogP contribution in [0.3, 0.4) is 0 Å². The molecule has 0 bridgehead atoms. The summed E-state index contributed by atoms with van der Waals surface area (Å²) in [6.45, 7) is 1.30. The molecule has 3 rings (SSSR count). The van der Waals surface area contributed by atoms with E-state index in [0.29, 0.717) is 43.9 Å². The number of carbonyl (C=O) groups excluding carboxylic acids is 2. The smallest absolute Gasteiger partial charge is 0.255 e. The minimum atomic E-state index is -0.880. The van der Waals surface area contributed by atoms with Gasteiger partial charge in [-0.3, -0.25) is 14.6 Å². The van der Waals surface area contributed by atoms with Gasteiger partial charge in [-0.25, -0.2) is 0 Å². The van der Waals surface area contributed by atoms with E-state index >= 15 is 0 Å². The summed E-state index contributed by atoms with van der Waals surface area (Å²) in [6, 6.07) is 10.6. The molecule has 2 heterocycles. The number of ether oxygens (including phenoxy) is 1. The molecule has 26 heavy (non-hydrogen) atoms. The topological polar surface area (TPSA) is 106 Å². The van der Waals surface area contributed by atoms with E-state index in [4.69, 9.17) is 10.5 Å². The van der Waals surface area contributed by atoms with E-state index in [0.717, 1.165) is 5.56 Å². The highest BCUT2D eigenvalue weighted by Gasteiger charge is 2.35. The summed E-state index contributed by atoms with van der Waals surface area (Å²) < 4.78 is 5.26. The number of nitrogens with two attached hydrogens (primary N) is 1. The van der Waals surface area contributed by atoms with Crippen molar-refractivity contribution in [2.45, 2.75) is 24.9 Å². The summed E-state index contributed by atoms with van der Waals surface area (Å²) in [6.07, 6.45) is 4.24. The number of benzene rings is 1. The molecule has 0 radical (unpaired) electrons. The second-order valence-corrected chi connectivity index (χ2v) is 6.34. The van der Waals surface area contributed by atoms with Crippen molar-refractivity contribution >= 4 is 17.5 Å². The first-order valence-corrected chi connectivity index (χ1v) is 8.52. The zero-order chi connectivity index (χ0) is 18.4. The van der Waals surface area contributed by atoms with Crippen molar-refractivity contribution in [1.29, 1.82) is 0 Å². The van der Waals surface area contributed by atoms with Crippen molar-refractivity contribution in [2.24, 2.45) is 5.73 Å². The van der Waals surface area contributed by atoms with Crippen molar-refractivity contribution < 1.29 is 14.3 Å². The monoisotopic (exact) mass is 354 g/mol. The van der Waals surface area contributed by atoms with E-state index in [1.165, 1.54) is 0 Å². The Morgan fingerprint density at radius 2 is 1.88 bits per heavy atom. The van der Waals surface area contributed by atoms with E-state index < -0.39 is 5.54 Å². The van der Waals surface area contributed by atoms with E-state index in [2.05, 4.69) is 15.6 Å². The lowest BCUT2D eigenvalue weighted by Gasteiger charge is -2.31. The van der Waals surface area contributed by atoms with Crippen LogP contribution >= 0.6 is 0 Å². The van der Waals surface area contributed by atoms with Crippen LogP contribution in [0.2, 0.25) is 0 Å². The molecule has 1 aliphatic heterocycles. The second kappa shape index (κ2) is 8.07. The zero-order valence-corrected chi connectivity index (χ0v) is 14.4. The number of carbonyl (C=O) groups is 2. The van der Waals surface area contributed by atoms with Gasteiger partial charge < -0.3 is 21.1 Å². The molecule has 1 aromatic carbocycles. The van der Waals surface area contributed by atoms with Crippen LogP contribution in [0.1, 0.15) is 28.8 Å². The molecule has 1 fully saturated rings. The Balaban J connectivity index is 1.60. The van der Waals surface area contributed by atoms with Crippen LogP contribution in [0.5, 0.6) is 0 Å². The van der Waals surface area contributed by atoms with Crippen LogP contribution in [0, 0.1) is 0 Å². The van der Waals surface area contributed by atoms with Gasteiger partial charge in [-0.2, -0.15) is 0 Å². The first-order chi connectivity index (χ1) is 12.6. The van der Waals surface area contributed by atoms with Crippen molar-refractivity contribution in [2.75, 3.05) is 18.5 Å². The molecule has 2 amide bonds. The van der Waals surface area contributed by atoms with Gasteiger partial charge in [0.05, 0.1) is 5.54 Å². The molecule has 2 aromatic rings. The fourth-order valence-corrected chi connectivity index (χ4v) is 2.78. The average molecular weight is 354 g/mol. The number of amides is 2. The molecule has 1 aliphatic rings. The lowest BCUT2D eigenvalue weighted by atomic mass is 9.90. The first kappa shape index (κ1) is 18.0. The molecule has 0 saturated carbocycles. The minimum Gasteiger partial charge on any atom is -0.381 e. The number of aromatic nitrogens is 1. The standard InChI is InChI=1S/C19H22N4O3/c20-19(6-10-26-11-7-19)18(25)22-13-14-2-1-3-15(12-14)17(24)23-16-4-8-21-9-5-16/h1-5,8-9,12H,6-7,10-11,13,20H2,(H,22,25)(H,21,23,24). The third kappa shape index (κ3) is 4.44. The number of hydrogen-bond donors (Lipinski definition) is 3. The lowest BCUT2D eigenvalue weighted by Crippen LogP contribution is -2.56. The second-order valence-electron chi connectivity index (χ2n) is 6.34. The molecule has 7 nitrogen and oxygen atoms in total. The lowest BCUT2D eigenvalue weighted by molar-refractivity contribution is -0.129. The number of anilines is 1. The van der Waals surface area contributed by atoms with E-state index in [1.807, 2.05) is 6.07 Å². The predicted molar refractivity (Wildman–Crippen MR) is 97.5 cm³/mol. The predicted octanol–water partition coefficient (Wildman–Crippen LogP) is 1.46. The van der Waals surface area contributed by atoms with Crippen LogP contribution in [0.25, 0.3) is 0 Å². The van der Waals surface area contributed by atoms with Gasteiger partial charge >= 0.3 is 0 Å². The third-order valence-corrected chi connectivity index (χ3v) is 4.42. The van der Waals surface area contributed by atoms with Crippen LogP contribution < -0.4 is 16.4 Å². The quantitative estimate of drug-likeness (QED) is 0.754. The van der Waals surface area contributed by atoms with Gasteiger partial charge in [-0.1, -0.05) is 12.1 Å². The van der Waals surface area contributed by atoms with Crippen molar-refractivity contribution in [3.63, 3.8) is 0 Å².